The highest BCUT2D eigenvalue weighted by Gasteiger charge is 2.37. The van der Waals surface area contributed by atoms with Crippen molar-refractivity contribution in [3.8, 4) is 0 Å². The molecule has 33 heavy (non-hydrogen) atoms. The third-order valence-electron chi connectivity index (χ3n) is 6.45. The number of nitrogens with one attached hydrogen (secondary N) is 1. The molecule has 166 valence electrons. The number of aromatic nitrogens is 6. The van der Waals surface area contributed by atoms with Crippen LogP contribution >= 0.6 is 0 Å². The zero-order valence-corrected chi connectivity index (χ0v) is 18.7. The van der Waals surface area contributed by atoms with E-state index < -0.39 is 0 Å². The highest BCUT2D eigenvalue weighted by molar-refractivity contribution is 6.01. The van der Waals surface area contributed by atoms with Gasteiger partial charge in [-0.3, -0.25) is 4.79 Å². The van der Waals surface area contributed by atoms with E-state index in [2.05, 4.69) is 34.1 Å². The first kappa shape index (κ1) is 19.5. The Morgan fingerprint density at radius 3 is 2.88 bits per heavy atom. The average Bonchev–Trinajstić information content (AvgIpc) is 3.55. The Labute approximate surface area is 190 Å². The number of aromatic amines is 1. The monoisotopic (exact) mass is 440 g/mol. The van der Waals surface area contributed by atoms with Gasteiger partial charge in [-0.2, -0.15) is 10.2 Å². The van der Waals surface area contributed by atoms with Crippen LogP contribution in [0.1, 0.15) is 39.0 Å². The molecule has 5 aromatic rings. The highest BCUT2D eigenvalue weighted by Crippen LogP contribution is 2.35. The number of anilines is 1. The van der Waals surface area contributed by atoms with Gasteiger partial charge in [-0.15, -0.1) is 0 Å². The van der Waals surface area contributed by atoms with Crippen molar-refractivity contribution >= 4 is 22.6 Å². The molecule has 1 amide bonds. The van der Waals surface area contributed by atoms with Gasteiger partial charge in [0.2, 0.25) is 0 Å². The van der Waals surface area contributed by atoms with Crippen molar-refractivity contribution in [2.45, 2.75) is 19.4 Å². The molecule has 1 atom stereocenters. The second kappa shape index (κ2) is 7.19. The van der Waals surface area contributed by atoms with Crippen LogP contribution in [0.2, 0.25) is 0 Å². The minimum atomic E-state index is -0.372. The summed E-state index contributed by atoms with van der Waals surface area (Å²) in [5.74, 6) is -0.0740. The van der Waals surface area contributed by atoms with E-state index in [-0.39, 0.29) is 11.9 Å². The molecule has 0 saturated heterocycles. The van der Waals surface area contributed by atoms with E-state index in [1.165, 1.54) is 0 Å². The van der Waals surface area contributed by atoms with Gasteiger partial charge in [0.15, 0.2) is 0 Å². The van der Waals surface area contributed by atoms with Crippen LogP contribution in [0.3, 0.4) is 0 Å². The molecule has 1 N–H and O–H groups in total. The number of aryl methyl sites for hydroxylation is 1. The quantitative estimate of drug-likeness (QED) is 0.466. The molecular formula is C24H24N8O. The van der Waals surface area contributed by atoms with Crippen molar-refractivity contribution in [2.75, 3.05) is 25.5 Å². The smallest absolute Gasteiger partial charge is 0.258 e. The van der Waals surface area contributed by atoms with Crippen LogP contribution in [-0.2, 0) is 6.42 Å². The van der Waals surface area contributed by atoms with Gasteiger partial charge in [0.25, 0.3) is 5.91 Å². The Kier molecular flexibility index (Phi) is 4.26. The van der Waals surface area contributed by atoms with Gasteiger partial charge in [-0.25, -0.2) is 14.0 Å². The van der Waals surface area contributed by atoms with E-state index in [9.17, 15) is 4.79 Å². The maximum absolute atomic E-state index is 13.9. The summed E-state index contributed by atoms with van der Waals surface area (Å²) in [5.41, 5.74) is 7.22. The molecule has 1 aliphatic heterocycles. The third kappa shape index (κ3) is 3.00. The number of hydrogen-bond acceptors (Lipinski definition) is 5. The summed E-state index contributed by atoms with van der Waals surface area (Å²) < 4.78 is 3.63. The van der Waals surface area contributed by atoms with Crippen molar-refractivity contribution in [2.24, 2.45) is 0 Å². The molecule has 0 spiro atoms. The minimum Gasteiger partial charge on any atom is -0.376 e. The third-order valence-corrected chi connectivity index (χ3v) is 6.45. The molecule has 0 saturated carbocycles. The molecule has 5 aromatic heterocycles. The van der Waals surface area contributed by atoms with Gasteiger partial charge >= 0.3 is 0 Å². The molecule has 0 bridgehead atoms. The molecule has 0 unspecified atom stereocenters. The van der Waals surface area contributed by atoms with Crippen LogP contribution in [0.5, 0.6) is 0 Å². The lowest BCUT2D eigenvalue weighted by Gasteiger charge is -2.33. The van der Waals surface area contributed by atoms with Gasteiger partial charge in [0.1, 0.15) is 6.04 Å². The number of hydrogen-bond donors (Lipinski definition) is 1. The number of nitrogens with zero attached hydrogens (tertiary/aromatic N) is 7. The first-order chi connectivity index (χ1) is 16.0. The van der Waals surface area contributed by atoms with Crippen molar-refractivity contribution in [1.82, 2.24) is 34.1 Å². The van der Waals surface area contributed by atoms with E-state index in [1.54, 1.807) is 17.0 Å². The number of pyridine rings is 2. The standard InChI is InChI=1S/C24H24N8O/c1-15-5-4-9-31-21(15)11-19(28-31)23-22-18(25-14-26-22)8-10-30(23)24(33)17-12-27-32-13-16(29(2)3)6-7-20(17)32/h4-7,9,11-14,23H,8,10H2,1-3H3,(H,25,26)/t23-/m0/s1. The fraction of sp³-hybridized carbons (Fsp3) is 0.250. The van der Waals surface area contributed by atoms with E-state index in [0.717, 1.165) is 39.4 Å². The Balaban J connectivity index is 1.46. The fourth-order valence-corrected chi connectivity index (χ4v) is 4.66. The number of H-pyrrole nitrogens is 1. The molecule has 0 radical (unpaired) electrons. The number of imidazole rings is 1. The highest BCUT2D eigenvalue weighted by atomic mass is 16.2. The number of fused-ring (bicyclic) bond motifs is 3. The zero-order chi connectivity index (χ0) is 22.7. The molecule has 0 aliphatic carbocycles. The Bertz CT molecular complexity index is 1510. The van der Waals surface area contributed by atoms with E-state index in [1.807, 2.05) is 59.0 Å². The summed E-state index contributed by atoms with van der Waals surface area (Å²) in [6.45, 7) is 2.63. The number of rotatable bonds is 3. The summed E-state index contributed by atoms with van der Waals surface area (Å²) in [6, 6.07) is 9.67. The molecule has 9 nitrogen and oxygen atoms in total. The van der Waals surface area contributed by atoms with E-state index in [4.69, 9.17) is 5.10 Å². The van der Waals surface area contributed by atoms with Gasteiger partial charge < -0.3 is 14.8 Å². The summed E-state index contributed by atoms with van der Waals surface area (Å²) in [6.07, 6.45) is 7.93. The lowest BCUT2D eigenvalue weighted by atomic mass is 9.98. The number of amides is 1. The predicted octanol–water partition coefficient (Wildman–Crippen LogP) is 2.87. The maximum Gasteiger partial charge on any atom is 0.258 e. The largest absolute Gasteiger partial charge is 0.376 e. The lowest BCUT2D eigenvalue weighted by molar-refractivity contribution is 0.0689. The predicted molar refractivity (Wildman–Crippen MR) is 125 cm³/mol. The lowest BCUT2D eigenvalue weighted by Crippen LogP contribution is -2.41. The van der Waals surface area contributed by atoms with Crippen LogP contribution in [0.25, 0.3) is 11.0 Å². The molecule has 0 fully saturated rings. The first-order valence-corrected chi connectivity index (χ1v) is 10.9. The van der Waals surface area contributed by atoms with Crippen molar-refractivity contribution in [1.29, 1.82) is 0 Å². The van der Waals surface area contributed by atoms with Crippen molar-refractivity contribution < 1.29 is 4.79 Å². The second-order valence-corrected chi connectivity index (χ2v) is 8.68. The van der Waals surface area contributed by atoms with Crippen LogP contribution in [0, 0.1) is 6.92 Å². The summed E-state index contributed by atoms with van der Waals surface area (Å²) in [5, 5.41) is 9.28. The fourth-order valence-electron chi connectivity index (χ4n) is 4.66. The van der Waals surface area contributed by atoms with Crippen molar-refractivity contribution in [3.05, 3.63) is 83.5 Å². The van der Waals surface area contributed by atoms with Gasteiger partial charge in [0.05, 0.1) is 52.4 Å². The number of carbonyl (C=O) groups excluding carboxylic acids is 1. The molecular weight excluding hydrogens is 416 g/mol. The maximum atomic E-state index is 13.9. The average molecular weight is 441 g/mol. The Morgan fingerprint density at radius 1 is 1.18 bits per heavy atom. The Hall–Kier alpha value is -4.14. The summed E-state index contributed by atoms with van der Waals surface area (Å²) >= 11 is 0. The van der Waals surface area contributed by atoms with E-state index in [0.29, 0.717) is 18.5 Å². The zero-order valence-electron chi connectivity index (χ0n) is 18.7. The normalized spacial score (nSPS) is 15.8. The molecule has 0 aromatic carbocycles. The minimum absolute atomic E-state index is 0.0740. The second-order valence-electron chi connectivity index (χ2n) is 8.68. The molecule has 6 heterocycles. The van der Waals surface area contributed by atoms with E-state index >= 15 is 0 Å². The summed E-state index contributed by atoms with van der Waals surface area (Å²) in [7, 11) is 3.96. The summed E-state index contributed by atoms with van der Waals surface area (Å²) in [4.78, 5) is 25.6. The van der Waals surface area contributed by atoms with Crippen molar-refractivity contribution in [3.63, 3.8) is 0 Å². The van der Waals surface area contributed by atoms with Gasteiger partial charge in [0, 0.05) is 39.0 Å². The topological polar surface area (TPSA) is 86.8 Å². The van der Waals surface area contributed by atoms with Gasteiger partial charge in [-0.05, 0) is 36.8 Å². The van der Waals surface area contributed by atoms with Gasteiger partial charge in [-0.1, -0.05) is 6.07 Å². The molecule has 1 aliphatic rings. The Morgan fingerprint density at radius 2 is 2.06 bits per heavy atom. The van der Waals surface area contributed by atoms with Crippen LogP contribution in [-0.4, -0.2) is 60.6 Å². The van der Waals surface area contributed by atoms with Crippen LogP contribution < -0.4 is 4.90 Å². The molecule has 9 heteroatoms. The number of carbonyl (C=O) groups is 1. The van der Waals surface area contributed by atoms with Crippen LogP contribution in [0.4, 0.5) is 5.69 Å². The molecule has 6 rings (SSSR count). The SMILES string of the molecule is Cc1cccn2nc([C@H]3c4nc[nH]c4CCN3C(=O)c3cnn4cc(N(C)C)ccc34)cc12. The first-order valence-electron chi connectivity index (χ1n) is 10.9. The van der Waals surface area contributed by atoms with Crippen LogP contribution in [0.15, 0.2) is 55.2 Å².